The highest BCUT2D eigenvalue weighted by Gasteiger charge is 2.45. The van der Waals surface area contributed by atoms with Crippen LogP contribution in [-0.2, 0) is 22.5 Å². The fourth-order valence-electron chi connectivity index (χ4n) is 4.57. The number of rotatable bonds is 6. The molecule has 2 aromatic carbocycles. The number of carbonyl (C=O) groups is 2. The second kappa shape index (κ2) is 8.78. The van der Waals surface area contributed by atoms with Crippen molar-refractivity contribution in [2.75, 3.05) is 19.7 Å². The van der Waals surface area contributed by atoms with E-state index >= 15 is 0 Å². The number of imide groups is 1. The first-order chi connectivity index (χ1) is 14.2. The predicted octanol–water partition coefficient (Wildman–Crippen LogP) is 3.73. The largest absolute Gasteiger partial charge is 0.447 e. The Bertz CT molecular complexity index is 840. The van der Waals surface area contributed by atoms with Gasteiger partial charge in [-0.25, -0.2) is 9.69 Å². The third-order valence-electron chi connectivity index (χ3n) is 6.12. The lowest BCUT2D eigenvalue weighted by molar-refractivity contribution is -0.134. The lowest BCUT2D eigenvalue weighted by atomic mass is 9.92. The minimum atomic E-state index is -0.493. The lowest BCUT2D eigenvalue weighted by Crippen LogP contribution is -2.45. The smallest absolute Gasteiger partial charge is 0.416 e. The van der Waals surface area contributed by atoms with E-state index in [9.17, 15) is 9.59 Å². The molecule has 2 heterocycles. The minimum Gasteiger partial charge on any atom is -0.447 e. The molecule has 0 unspecified atom stereocenters. The van der Waals surface area contributed by atoms with Crippen LogP contribution in [0.15, 0.2) is 60.7 Å². The first-order valence-electron chi connectivity index (χ1n) is 10.5. The maximum absolute atomic E-state index is 13.4. The molecular formula is C24H28N2O3. The predicted molar refractivity (Wildman–Crippen MR) is 111 cm³/mol. The zero-order valence-electron chi connectivity index (χ0n) is 16.9. The van der Waals surface area contributed by atoms with Crippen molar-refractivity contribution in [2.45, 2.75) is 32.4 Å². The summed E-state index contributed by atoms with van der Waals surface area (Å²) in [4.78, 5) is 29.6. The summed E-state index contributed by atoms with van der Waals surface area (Å²) in [6.45, 7) is 4.80. The molecule has 0 N–H and O–H groups in total. The molecule has 2 aliphatic rings. The van der Waals surface area contributed by atoms with Crippen LogP contribution in [0.5, 0.6) is 0 Å². The van der Waals surface area contributed by atoms with Crippen LogP contribution in [0.3, 0.4) is 0 Å². The molecule has 5 heteroatoms. The standard InChI is InChI=1S/C24H28N2O3/c1-2-20-15-25(14-19-11-7-4-8-12-19)16-22(20)23(27)26-21(17-29-24(26)28)13-18-9-5-3-6-10-18/h3-12,20-22H,2,13-17H2,1H3/t20-,21+,22-/m0/s1. The molecule has 0 radical (unpaired) electrons. The number of likely N-dealkylation sites (tertiary alicyclic amines) is 1. The molecule has 29 heavy (non-hydrogen) atoms. The Morgan fingerprint density at radius 2 is 1.66 bits per heavy atom. The van der Waals surface area contributed by atoms with Crippen molar-refractivity contribution >= 4 is 12.0 Å². The van der Waals surface area contributed by atoms with Gasteiger partial charge in [-0.1, -0.05) is 74.0 Å². The quantitative estimate of drug-likeness (QED) is 0.752. The molecule has 2 aliphatic heterocycles. The van der Waals surface area contributed by atoms with Crippen molar-refractivity contribution in [1.82, 2.24) is 9.80 Å². The molecule has 2 amide bonds. The van der Waals surface area contributed by atoms with Crippen molar-refractivity contribution < 1.29 is 14.3 Å². The fourth-order valence-corrected chi connectivity index (χ4v) is 4.57. The van der Waals surface area contributed by atoms with E-state index in [1.54, 1.807) is 0 Å². The number of nitrogens with zero attached hydrogens (tertiary/aromatic N) is 2. The summed E-state index contributed by atoms with van der Waals surface area (Å²) in [5, 5.41) is 0. The van der Waals surface area contributed by atoms with Gasteiger partial charge in [-0.3, -0.25) is 9.69 Å². The average molecular weight is 392 g/mol. The molecule has 0 saturated carbocycles. The van der Waals surface area contributed by atoms with E-state index in [0.717, 1.165) is 25.1 Å². The van der Waals surface area contributed by atoms with Gasteiger partial charge in [-0.15, -0.1) is 0 Å². The molecule has 0 aromatic heterocycles. The van der Waals surface area contributed by atoms with Gasteiger partial charge in [0.2, 0.25) is 5.91 Å². The number of ether oxygens (including phenoxy) is 1. The van der Waals surface area contributed by atoms with Crippen LogP contribution in [0.2, 0.25) is 0 Å². The molecule has 2 fully saturated rings. The van der Waals surface area contributed by atoms with Gasteiger partial charge in [0.25, 0.3) is 0 Å². The van der Waals surface area contributed by atoms with E-state index in [2.05, 4.69) is 24.0 Å². The summed E-state index contributed by atoms with van der Waals surface area (Å²) in [6.07, 6.45) is 1.07. The van der Waals surface area contributed by atoms with Crippen LogP contribution in [0.4, 0.5) is 4.79 Å². The summed E-state index contributed by atoms with van der Waals surface area (Å²) in [5.74, 6) is 0.0282. The Morgan fingerprint density at radius 1 is 1.00 bits per heavy atom. The second-order valence-corrected chi connectivity index (χ2v) is 8.08. The summed E-state index contributed by atoms with van der Waals surface area (Å²) in [5.41, 5.74) is 2.36. The van der Waals surface area contributed by atoms with Gasteiger partial charge in [0, 0.05) is 19.6 Å². The first kappa shape index (κ1) is 19.6. The van der Waals surface area contributed by atoms with Gasteiger partial charge in [-0.05, 0) is 23.5 Å². The van der Waals surface area contributed by atoms with Gasteiger partial charge < -0.3 is 4.74 Å². The molecule has 2 saturated heterocycles. The summed E-state index contributed by atoms with van der Waals surface area (Å²) < 4.78 is 5.27. The van der Waals surface area contributed by atoms with Crippen LogP contribution in [0, 0.1) is 11.8 Å². The summed E-state index contributed by atoms with van der Waals surface area (Å²) in [6, 6.07) is 20.1. The van der Waals surface area contributed by atoms with Gasteiger partial charge in [0.05, 0.1) is 12.0 Å². The van der Waals surface area contributed by atoms with Crippen molar-refractivity contribution in [1.29, 1.82) is 0 Å². The lowest BCUT2D eigenvalue weighted by Gasteiger charge is -2.25. The Labute approximate surface area is 172 Å². The number of amides is 2. The molecule has 5 nitrogen and oxygen atoms in total. The monoisotopic (exact) mass is 392 g/mol. The highest BCUT2D eigenvalue weighted by molar-refractivity contribution is 5.95. The van der Waals surface area contributed by atoms with Crippen LogP contribution in [0.1, 0.15) is 24.5 Å². The molecule has 4 rings (SSSR count). The van der Waals surface area contributed by atoms with E-state index in [-0.39, 0.29) is 30.4 Å². The Kier molecular flexibility index (Phi) is 5.95. The summed E-state index contributed by atoms with van der Waals surface area (Å²) >= 11 is 0. The third-order valence-corrected chi connectivity index (χ3v) is 6.12. The van der Waals surface area contributed by atoms with Crippen molar-refractivity contribution in [3.05, 3.63) is 71.8 Å². The van der Waals surface area contributed by atoms with E-state index in [1.165, 1.54) is 10.5 Å². The molecule has 0 spiro atoms. The number of cyclic esters (lactones) is 1. The molecule has 0 aliphatic carbocycles. The van der Waals surface area contributed by atoms with Crippen molar-refractivity contribution in [2.24, 2.45) is 11.8 Å². The number of hydrogen-bond donors (Lipinski definition) is 0. The van der Waals surface area contributed by atoms with E-state index < -0.39 is 6.09 Å². The van der Waals surface area contributed by atoms with Crippen LogP contribution < -0.4 is 0 Å². The maximum atomic E-state index is 13.4. The molecule has 3 atom stereocenters. The molecule has 2 aromatic rings. The highest BCUT2D eigenvalue weighted by atomic mass is 16.6. The van der Waals surface area contributed by atoms with Crippen molar-refractivity contribution in [3.63, 3.8) is 0 Å². The molecule has 152 valence electrons. The average Bonchev–Trinajstić information content (AvgIpc) is 3.32. The zero-order chi connectivity index (χ0) is 20.2. The van der Waals surface area contributed by atoms with Crippen LogP contribution in [0.25, 0.3) is 0 Å². The number of benzene rings is 2. The van der Waals surface area contributed by atoms with E-state index in [0.29, 0.717) is 13.0 Å². The molecular weight excluding hydrogens is 364 g/mol. The SMILES string of the molecule is CC[C@H]1CN(Cc2ccccc2)C[C@@H]1C(=O)N1C(=O)OC[C@H]1Cc1ccccc1. The second-order valence-electron chi connectivity index (χ2n) is 8.08. The zero-order valence-corrected chi connectivity index (χ0v) is 16.9. The van der Waals surface area contributed by atoms with E-state index in [1.807, 2.05) is 48.5 Å². The number of hydrogen-bond acceptors (Lipinski definition) is 4. The van der Waals surface area contributed by atoms with Gasteiger partial charge in [0.1, 0.15) is 6.61 Å². The first-order valence-corrected chi connectivity index (χ1v) is 10.5. The normalized spacial score (nSPS) is 24.7. The Balaban J connectivity index is 1.46. The Hall–Kier alpha value is -2.66. The molecule has 0 bridgehead atoms. The van der Waals surface area contributed by atoms with Gasteiger partial charge >= 0.3 is 6.09 Å². The topological polar surface area (TPSA) is 49.9 Å². The third kappa shape index (κ3) is 4.35. The fraction of sp³-hybridized carbons (Fsp3) is 0.417. The van der Waals surface area contributed by atoms with Gasteiger partial charge in [0.15, 0.2) is 0 Å². The van der Waals surface area contributed by atoms with Crippen LogP contribution >= 0.6 is 0 Å². The van der Waals surface area contributed by atoms with Crippen molar-refractivity contribution in [3.8, 4) is 0 Å². The minimum absolute atomic E-state index is 0.0733. The summed E-state index contributed by atoms with van der Waals surface area (Å²) in [7, 11) is 0. The maximum Gasteiger partial charge on any atom is 0.416 e. The Morgan fingerprint density at radius 3 is 2.31 bits per heavy atom. The van der Waals surface area contributed by atoms with Gasteiger partial charge in [-0.2, -0.15) is 0 Å². The van der Waals surface area contributed by atoms with E-state index in [4.69, 9.17) is 4.74 Å². The number of carbonyl (C=O) groups excluding carboxylic acids is 2. The van der Waals surface area contributed by atoms with Crippen LogP contribution in [-0.4, -0.2) is 47.5 Å². The highest BCUT2D eigenvalue weighted by Crippen LogP contribution is 2.31.